The van der Waals surface area contributed by atoms with Crippen molar-refractivity contribution in [1.82, 2.24) is 5.32 Å². The van der Waals surface area contributed by atoms with Crippen LogP contribution < -0.4 is 5.32 Å². The molecule has 0 aliphatic heterocycles. The lowest BCUT2D eigenvalue weighted by Gasteiger charge is -2.20. The van der Waals surface area contributed by atoms with Crippen molar-refractivity contribution < 1.29 is 14.7 Å². The molecular formula is C13H23NO3. The molecule has 0 heterocycles. The highest BCUT2D eigenvalue weighted by Gasteiger charge is 2.29. The van der Waals surface area contributed by atoms with Crippen molar-refractivity contribution in [3.63, 3.8) is 0 Å². The zero-order valence-corrected chi connectivity index (χ0v) is 10.7. The Labute approximate surface area is 103 Å². The summed E-state index contributed by atoms with van der Waals surface area (Å²) in [5, 5.41) is 11.6. The van der Waals surface area contributed by atoms with Crippen molar-refractivity contribution in [1.29, 1.82) is 0 Å². The van der Waals surface area contributed by atoms with Gasteiger partial charge in [-0.3, -0.25) is 9.59 Å². The average Bonchev–Trinajstić information content (AvgIpc) is 3.05. The highest BCUT2D eigenvalue weighted by atomic mass is 16.4. The maximum absolute atomic E-state index is 11.4. The lowest BCUT2D eigenvalue weighted by Crippen LogP contribution is -2.28. The number of aliphatic carboxylic acids is 1. The van der Waals surface area contributed by atoms with Gasteiger partial charge in [0.25, 0.3) is 0 Å². The van der Waals surface area contributed by atoms with Crippen molar-refractivity contribution in [2.45, 2.75) is 46.0 Å². The summed E-state index contributed by atoms with van der Waals surface area (Å²) in [5.74, 6) is 0.535. The molecule has 1 rings (SSSR count). The highest BCUT2D eigenvalue weighted by molar-refractivity contribution is 5.80. The molecule has 1 fully saturated rings. The van der Waals surface area contributed by atoms with Crippen LogP contribution in [0.2, 0.25) is 0 Å². The summed E-state index contributed by atoms with van der Waals surface area (Å²) in [4.78, 5) is 22.0. The van der Waals surface area contributed by atoms with Gasteiger partial charge >= 0.3 is 5.97 Å². The molecule has 0 saturated heterocycles. The van der Waals surface area contributed by atoms with E-state index in [0.717, 1.165) is 19.3 Å². The Balaban J connectivity index is 2.18. The molecule has 0 bridgehead atoms. The number of rotatable bonds is 8. The van der Waals surface area contributed by atoms with E-state index >= 15 is 0 Å². The molecule has 1 aliphatic carbocycles. The molecule has 1 atom stereocenters. The van der Waals surface area contributed by atoms with Crippen molar-refractivity contribution in [3.05, 3.63) is 0 Å². The second-order valence-electron chi connectivity index (χ2n) is 5.29. The number of amides is 1. The molecule has 98 valence electrons. The first-order valence-corrected chi connectivity index (χ1v) is 6.50. The van der Waals surface area contributed by atoms with Gasteiger partial charge in [0.05, 0.1) is 0 Å². The molecule has 1 saturated carbocycles. The summed E-state index contributed by atoms with van der Waals surface area (Å²) in [7, 11) is 0. The Morgan fingerprint density at radius 1 is 1.29 bits per heavy atom. The van der Waals surface area contributed by atoms with Gasteiger partial charge in [-0.15, -0.1) is 0 Å². The SMILES string of the molecule is CC(C)C(CCNC(=O)C1CC1)CCC(=O)O. The Kier molecular flexibility index (Phi) is 5.45. The van der Waals surface area contributed by atoms with Gasteiger partial charge in [0.1, 0.15) is 0 Å². The van der Waals surface area contributed by atoms with E-state index in [4.69, 9.17) is 5.11 Å². The number of hydrogen-bond acceptors (Lipinski definition) is 2. The van der Waals surface area contributed by atoms with Crippen LogP contribution in [-0.4, -0.2) is 23.5 Å². The lowest BCUT2D eigenvalue weighted by molar-refractivity contribution is -0.137. The maximum atomic E-state index is 11.4. The Morgan fingerprint density at radius 3 is 2.41 bits per heavy atom. The maximum Gasteiger partial charge on any atom is 0.303 e. The number of nitrogens with one attached hydrogen (secondary N) is 1. The molecule has 4 nitrogen and oxygen atoms in total. The van der Waals surface area contributed by atoms with E-state index in [1.165, 1.54) is 0 Å². The third kappa shape index (κ3) is 5.71. The van der Waals surface area contributed by atoms with Crippen LogP contribution in [0.25, 0.3) is 0 Å². The van der Waals surface area contributed by atoms with E-state index in [-0.39, 0.29) is 18.2 Å². The minimum Gasteiger partial charge on any atom is -0.481 e. The van der Waals surface area contributed by atoms with Gasteiger partial charge in [-0.2, -0.15) is 0 Å². The summed E-state index contributed by atoms with van der Waals surface area (Å²) in [5.41, 5.74) is 0. The first-order chi connectivity index (χ1) is 8.00. The minimum atomic E-state index is -0.738. The molecule has 0 aromatic rings. The fourth-order valence-corrected chi connectivity index (χ4v) is 1.99. The zero-order valence-electron chi connectivity index (χ0n) is 10.7. The molecule has 0 radical (unpaired) electrons. The van der Waals surface area contributed by atoms with Gasteiger partial charge < -0.3 is 10.4 Å². The second kappa shape index (κ2) is 6.62. The second-order valence-corrected chi connectivity index (χ2v) is 5.29. The van der Waals surface area contributed by atoms with Crippen molar-refractivity contribution in [2.24, 2.45) is 17.8 Å². The van der Waals surface area contributed by atoms with Crippen LogP contribution in [-0.2, 0) is 9.59 Å². The lowest BCUT2D eigenvalue weighted by atomic mass is 9.88. The molecule has 0 aromatic carbocycles. The summed E-state index contributed by atoms with van der Waals surface area (Å²) in [6.07, 6.45) is 3.85. The van der Waals surface area contributed by atoms with Crippen molar-refractivity contribution in [2.75, 3.05) is 6.54 Å². The third-order valence-corrected chi connectivity index (χ3v) is 3.43. The topological polar surface area (TPSA) is 66.4 Å². The van der Waals surface area contributed by atoms with Crippen LogP contribution in [0.1, 0.15) is 46.0 Å². The summed E-state index contributed by atoms with van der Waals surface area (Å²) in [6.45, 7) is 4.89. The first kappa shape index (κ1) is 14.0. The normalized spacial score (nSPS) is 16.9. The summed E-state index contributed by atoms with van der Waals surface area (Å²) >= 11 is 0. The number of carboxylic acids is 1. The van der Waals surface area contributed by atoms with E-state index in [0.29, 0.717) is 24.8 Å². The number of hydrogen-bond donors (Lipinski definition) is 2. The van der Waals surface area contributed by atoms with Crippen molar-refractivity contribution >= 4 is 11.9 Å². The van der Waals surface area contributed by atoms with E-state index in [1.54, 1.807) is 0 Å². The molecule has 1 amide bonds. The monoisotopic (exact) mass is 241 g/mol. The van der Waals surface area contributed by atoms with E-state index in [2.05, 4.69) is 19.2 Å². The van der Waals surface area contributed by atoms with Gasteiger partial charge in [0.15, 0.2) is 0 Å². The quantitative estimate of drug-likeness (QED) is 0.683. The minimum absolute atomic E-state index is 0.172. The van der Waals surface area contributed by atoms with Gasteiger partial charge in [-0.05, 0) is 37.5 Å². The molecule has 17 heavy (non-hydrogen) atoms. The Morgan fingerprint density at radius 2 is 1.94 bits per heavy atom. The van der Waals surface area contributed by atoms with Gasteiger partial charge in [-0.1, -0.05) is 13.8 Å². The molecule has 2 N–H and O–H groups in total. The Hall–Kier alpha value is -1.06. The smallest absolute Gasteiger partial charge is 0.303 e. The largest absolute Gasteiger partial charge is 0.481 e. The van der Waals surface area contributed by atoms with E-state index in [9.17, 15) is 9.59 Å². The fourth-order valence-electron chi connectivity index (χ4n) is 1.99. The van der Waals surface area contributed by atoms with Gasteiger partial charge in [0, 0.05) is 18.9 Å². The van der Waals surface area contributed by atoms with Crippen LogP contribution >= 0.6 is 0 Å². The third-order valence-electron chi connectivity index (χ3n) is 3.43. The van der Waals surface area contributed by atoms with E-state index < -0.39 is 5.97 Å². The predicted molar refractivity (Wildman–Crippen MR) is 65.5 cm³/mol. The van der Waals surface area contributed by atoms with Crippen LogP contribution in [0.15, 0.2) is 0 Å². The number of carboxylic acid groups (broad SMARTS) is 1. The number of carbonyl (C=O) groups is 2. The first-order valence-electron chi connectivity index (χ1n) is 6.50. The highest BCUT2D eigenvalue weighted by Crippen LogP contribution is 2.28. The Bertz CT molecular complexity index is 272. The van der Waals surface area contributed by atoms with Gasteiger partial charge in [0.2, 0.25) is 5.91 Å². The molecule has 1 aliphatic rings. The van der Waals surface area contributed by atoms with Crippen LogP contribution in [0.5, 0.6) is 0 Å². The molecule has 0 spiro atoms. The fraction of sp³-hybridized carbons (Fsp3) is 0.846. The van der Waals surface area contributed by atoms with E-state index in [1.807, 2.05) is 0 Å². The van der Waals surface area contributed by atoms with Crippen LogP contribution in [0.3, 0.4) is 0 Å². The molecule has 4 heteroatoms. The standard InChI is InChI=1S/C13H23NO3/c1-9(2)10(5-6-12(15)16)7-8-14-13(17)11-3-4-11/h9-11H,3-8H2,1-2H3,(H,14,17)(H,15,16). The molecule has 0 aromatic heterocycles. The molecule has 1 unspecified atom stereocenters. The summed E-state index contributed by atoms with van der Waals surface area (Å²) < 4.78 is 0. The summed E-state index contributed by atoms with van der Waals surface area (Å²) in [6, 6.07) is 0. The van der Waals surface area contributed by atoms with Crippen LogP contribution in [0, 0.1) is 17.8 Å². The average molecular weight is 241 g/mol. The zero-order chi connectivity index (χ0) is 12.8. The predicted octanol–water partition coefficient (Wildman–Crippen LogP) is 2.04. The molecular weight excluding hydrogens is 218 g/mol. The number of carbonyl (C=O) groups excluding carboxylic acids is 1. The van der Waals surface area contributed by atoms with Crippen molar-refractivity contribution in [3.8, 4) is 0 Å². The van der Waals surface area contributed by atoms with Gasteiger partial charge in [-0.25, -0.2) is 0 Å². The van der Waals surface area contributed by atoms with Crippen LogP contribution in [0.4, 0.5) is 0 Å².